The van der Waals surface area contributed by atoms with Crippen LogP contribution in [0.3, 0.4) is 0 Å². The summed E-state index contributed by atoms with van der Waals surface area (Å²) in [6.45, 7) is 0.480. The van der Waals surface area contributed by atoms with Crippen LogP contribution in [0.4, 0.5) is 0 Å². The third-order valence-corrected chi connectivity index (χ3v) is 3.66. The number of nitrogens with zero attached hydrogens (tertiary/aromatic N) is 2. The van der Waals surface area contributed by atoms with Crippen molar-refractivity contribution in [3.8, 4) is 0 Å². The lowest BCUT2D eigenvalue weighted by Crippen LogP contribution is -2.25. The molecule has 18 heavy (non-hydrogen) atoms. The third kappa shape index (κ3) is 2.75. The Morgan fingerprint density at radius 1 is 1.44 bits per heavy atom. The zero-order valence-corrected chi connectivity index (χ0v) is 10.5. The molecule has 0 unspecified atom stereocenters. The number of hydrogen-bond donors (Lipinski definition) is 3. The largest absolute Gasteiger partial charge is 0.364 e. The van der Waals surface area contributed by atoms with Crippen molar-refractivity contribution in [2.75, 3.05) is 7.05 Å². The molecule has 0 saturated carbocycles. The van der Waals surface area contributed by atoms with E-state index in [9.17, 15) is 8.42 Å². The normalized spacial score (nSPS) is 11.8. The van der Waals surface area contributed by atoms with Gasteiger partial charge in [-0.05, 0) is 7.05 Å². The number of aromatic amines is 1. The first kappa shape index (κ1) is 12.7. The summed E-state index contributed by atoms with van der Waals surface area (Å²) >= 11 is 0. The van der Waals surface area contributed by atoms with Gasteiger partial charge in [0.2, 0.25) is 0 Å². The second kappa shape index (κ2) is 5.29. The molecule has 0 saturated heterocycles. The average Bonchev–Trinajstić information content (AvgIpc) is 2.97. The Balaban J connectivity index is 2.12. The van der Waals surface area contributed by atoms with E-state index in [4.69, 9.17) is 0 Å². The summed E-state index contributed by atoms with van der Waals surface area (Å²) in [4.78, 5) is 0. The maximum Gasteiger partial charge on any atom is 0.258 e. The minimum absolute atomic E-state index is 0.0559. The number of sulfonamides is 1. The number of rotatable bonds is 6. The Bertz CT molecular complexity index is 590. The molecule has 0 aliphatic carbocycles. The second-order valence-electron chi connectivity index (χ2n) is 3.57. The lowest BCUT2D eigenvalue weighted by Gasteiger charge is -2.05. The molecular formula is C9H13N5O3S. The first-order valence-electron chi connectivity index (χ1n) is 5.19. The zero-order valence-electron chi connectivity index (χ0n) is 9.67. The summed E-state index contributed by atoms with van der Waals surface area (Å²) in [6, 6.07) is 1.59. The highest BCUT2D eigenvalue weighted by Crippen LogP contribution is 2.11. The van der Waals surface area contributed by atoms with E-state index in [-0.39, 0.29) is 11.6 Å². The fourth-order valence-electron chi connectivity index (χ4n) is 1.42. The zero-order chi connectivity index (χ0) is 13.0. The summed E-state index contributed by atoms with van der Waals surface area (Å²) in [6.07, 6.45) is 2.85. The Morgan fingerprint density at radius 3 is 2.94 bits per heavy atom. The van der Waals surface area contributed by atoms with E-state index in [1.807, 2.05) is 0 Å². The summed E-state index contributed by atoms with van der Waals surface area (Å²) in [7, 11) is -1.91. The fourth-order valence-corrected chi connectivity index (χ4v) is 2.54. The van der Waals surface area contributed by atoms with Gasteiger partial charge in [-0.3, -0.25) is 5.10 Å². The number of hydrogen-bond acceptors (Lipinski definition) is 6. The maximum absolute atomic E-state index is 12.0. The maximum atomic E-state index is 12.0. The van der Waals surface area contributed by atoms with E-state index >= 15 is 0 Å². The van der Waals surface area contributed by atoms with Gasteiger partial charge in [0.25, 0.3) is 10.0 Å². The topological polar surface area (TPSA) is 113 Å². The van der Waals surface area contributed by atoms with Gasteiger partial charge in [-0.15, -0.1) is 0 Å². The molecule has 2 heterocycles. The first-order valence-corrected chi connectivity index (χ1v) is 6.67. The monoisotopic (exact) mass is 271 g/mol. The van der Waals surface area contributed by atoms with Crippen molar-refractivity contribution in [1.82, 2.24) is 25.4 Å². The van der Waals surface area contributed by atoms with E-state index in [2.05, 4.69) is 29.9 Å². The molecule has 0 aliphatic rings. The van der Waals surface area contributed by atoms with Crippen molar-refractivity contribution in [1.29, 1.82) is 0 Å². The Kier molecular flexibility index (Phi) is 3.75. The lowest BCUT2D eigenvalue weighted by atomic mass is 10.4. The second-order valence-corrected chi connectivity index (χ2v) is 5.27. The summed E-state index contributed by atoms with van der Waals surface area (Å²) in [5, 5.41) is 12.8. The highest BCUT2D eigenvalue weighted by molar-refractivity contribution is 7.89. The van der Waals surface area contributed by atoms with Gasteiger partial charge in [-0.25, -0.2) is 13.1 Å². The molecule has 0 radical (unpaired) electrons. The van der Waals surface area contributed by atoms with Crippen molar-refractivity contribution >= 4 is 10.0 Å². The van der Waals surface area contributed by atoms with E-state index < -0.39 is 10.0 Å². The molecule has 0 aliphatic heterocycles. The van der Waals surface area contributed by atoms with Gasteiger partial charge in [0.15, 0.2) is 5.03 Å². The van der Waals surface area contributed by atoms with Crippen LogP contribution in [-0.4, -0.2) is 30.8 Å². The van der Waals surface area contributed by atoms with Gasteiger partial charge in [0, 0.05) is 18.2 Å². The van der Waals surface area contributed by atoms with Crippen LogP contribution in [0.1, 0.15) is 11.3 Å². The molecule has 2 aromatic rings. The van der Waals surface area contributed by atoms with Crippen molar-refractivity contribution < 1.29 is 12.9 Å². The predicted octanol–water partition coefficient (Wildman–Crippen LogP) is -0.404. The minimum Gasteiger partial charge on any atom is -0.364 e. The molecular weight excluding hydrogens is 258 g/mol. The average molecular weight is 271 g/mol. The molecule has 8 nitrogen and oxygen atoms in total. The van der Waals surface area contributed by atoms with E-state index in [0.29, 0.717) is 17.8 Å². The van der Waals surface area contributed by atoms with E-state index in [1.54, 1.807) is 13.1 Å². The summed E-state index contributed by atoms with van der Waals surface area (Å²) < 4.78 is 31.1. The SMILES string of the molecule is CNCc1cn[nH]c1S(=O)(=O)NCc1ccon1. The molecule has 0 bridgehead atoms. The Hall–Kier alpha value is -1.71. The third-order valence-electron chi connectivity index (χ3n) is 2.25. The lowest BCUT2D eigenvalue weighted by molar-refractivity contribution is 0.411. The van der Waals surface area contributed by atoms with Crippen LogP contribution in [0, 0.1) is 0 Å². The van der Waals surface area contributed by atoms with Crippen molar-refractivity contribution in [3.63, 3.8) is 0 Å². The van der Waals surface area contributed by atoms with Crippen LogP contribution in [0.5, 0.6) is 0 Å². The summed E-state index contributed by atoms with van der Waals surface area (Å²) in [5.41, 5.74) is 1.08. The standard InChI is InChI=1S/C9H13N5O3S/c1-10-4-7-5-11-13-9(7)18(15,16)12-6-8-2-3-17-14-8/h2-3,5,10,12H,4,6H2,1H3,(H,11,13). The summed E-state index contributed by atoms with van der Waals surface area (Å²) in [5.74, 6) is 0. The highest BCUT2D eigenvalue weighted by atomic mass is 32.2. The fraction of sp³-hybridized carbons (Fsp3) is 0.333. The predicted molar refractivity (Wildman–Crippen MR) is 61.9 cm³/mol. The van der Waals surface area contributed by atoms with Crippen LogP contribution >= 0.6 is 0 Å². The Morgan fingerprint density at radius 2 is 2.28 bits per heavy atom. The molecule has 2 rings (SSSR count). The first-order chi connectivity index (χ1) is 8.63. The smallest absolute Gasteiger partial charge is 0.258 e. The number of H-pyrrole nitrogens is 1. The van der Waals surface area contributed by atoms with Crippen molar-refractivity contribution in [2.24, 2.45) is 0 Å². The van der Waals surface area contributed by atoms with Crippen molar-refractivity contribution in [2.45, 2.75) is 18.1 Å². The van der Waals surface area contributed by atoms with Gasteiger partial charge in [0.1, 0.15) is 6.26 Å². The molecule has 9 heteroatoms. The minimum atomic E-state index is -3.64. The van der Waals surface area contributed by atoms with Crippen LogP contribution in [0.2, 0.25) is 0 Å². The molecule has 0 amide bonds. The van der Waals surface area contributed by atoms with Gasteiger partial charge >= 0.3 is 0 Å². The van der Waals surface area contributed by atoms with Gasteiger partial charge in [-0.2, -0.15) is 5.10 Å². The van der Waals surface area contributed by atoms with Crippen LogP contribution in [-0.2, 0) is 23.1 Å². The molecule has 0 spiro atoms. The van der Waals surface area contributed by atoms with E-state index in [0.717, 1.165) is 0 Å². The molecule has 0 fully saturated rings. The molecule has 0 atom stereocenters. The van der Waals surface area contributed by atoms with Crippen LogP contribution < -0.4 is 10.0 Å². The van der Waals surface area contributed by atoms with Gasteiger partial charge in [0.05, 0.1) is 18.4 Å². The molecule has 2 aromatic heterocycles. The number of nitrogens with one attached hydrogen (secondary N) is 3. The number of aromatic nitrogens is 3. The molecule has 98 valence electrons. The van der Waals surface area contributed by atoms with Gasteiger partial charge in [-0.1, -0.05) is 5.16 Å². The van der Waals surface area contributed by atoms with Gasteiger partial charge < -0.3 is 9.84 Å². The quantitative estimate of drug-likeness (QED) is 0.658. The molecule has 0 aromatic carbocycles. The van der Waals surface area contributed by atoms with Crippen LogP contribution in [0.15, 0.2) is 28.1 Å². The van der Waals surface area contributed by atoms with Crippen molar-refractivity contribution in [3.05, 3.63) is 29.8 Å². The van der Waals surface area contributed by atoms with E-state index in [1.165, 1.54) is 12.5 Å². The van der Waals surface area contributed by atoms with Crippen LogP contribution in [0.25, 0.3) is 0 Å². The molecule has 3 N–H and O–H groups in total. The Labute approximate surface area is 104 Å². The highest BCUT2D eigenvalue weighted by Gasteiger charge is 2.20.